The number of carbonyl (C=O) groups excluding carboxylic acids is 2. The molecule has 0 spiro atoms. The lowest BCUT2D eigenvalue weighted by Gasteiger charge is -2.34. The Labute approximate surface area is 176 Å². The van der Waals surface area contributed by atoms with Crippen molar-refractivity contribution >= 4 is 17.5 Å². The van der Waals surface area contributed by atoms with E-state index in [0.717, 1.165) is 36.5 Å². The Morgan fingerprint density at radius 1 is 1.03 bits per heavy atom. The predicted molar refractivity (Wildman–Crippen MR) is 115 cm³/mol. The van der Waals surface area contributed by atoms with Gasteiger partial charge in [0.15, 0.2) is 0 Å². The first-order chi connectivity index (χ1) is 14.6. The highest BCUT2D eigenvalue weighted by Crippen LogP contribution is 2.11. The molecule has 0 unspecified atom stereocenters. The first-order valence-electron chi connectivity index (χ1n) is 10.4. The molecule has 7 heteroatoms. The largest absolute Gasteiger partial charge is 0.352 e. The number of carbonyl (C=O) groups is 2. The van der Waals surface area contributed by atoms with E-state index in [-0.39, 0.29) is 11.8 Å². The minimum absolute atomic E-state index is 0.0902. The summed E-state index contributed by atoms with van der Waals surface area (Å²) in [5, 5.41) is 2.86. The summed E-state index contributed by atoms with van der Waals surface area (Å²) in [6, 6.07) is 13.4. The number of rotatable bonds is 6. The highest BCUT2D eigenvalue weighted by atomic mass is 16.2. The summed E-state index contributed by atoms with van der Waals surface area (Å²) >= 11 is 0. The van der Waals surface area contributed by atoms with Gasteiger partial charge in [0.2, 0.25) is 5.91 Å². The number of pyridine rings is 1. The Hall–Kier alpha value is -3.19. The van der Waals surface area contributed by atoms with E-state index in [1.165, 1.54) is 0 Å². The lowest BCUT2D eigenvalue weighted by atomic mass is 10.1. The van der Waals surface area contributed by atoms with Gasteiger partial charge in [-0.1, -0.05) is 24.3 Å². The highest BCUT2D eigenvalue weighted by molar-refractivity contribution is 5.95. The number of nitrogens with zero attached hydrogens (tertiary/aromatic N) is 4. The number of amides is 2. The fraction of sp³-hybridized carbons (Fsp3) is 0.348. The van der Waals surface area contributed by atoms with Crippen LogP contribution in [0.4, 0.5) is 0 Å². The fourth-order valence-corrected chi connectivity index (χ4v) is 3.81. The van der Waals surface area contributed by atoms with Crippen molar-refractivity contribution in [1.82, 2.24) is 24.5 Å². The van der Waals surface area contributed by atoms with Crippen LogP contribution in [0.25, 0.3) is 5.65 Å². The fourth-order valence-electron chi connectivity index (χ4n) is 3.81. The zero-order valence-corrected chi connectivity index (χ0v) is 17.3. The van der Waals surface area contributed by atoms with Crippen LogP contribution in [0.3, 0.4) is 0 Å². The lowest BCUT2D eigenvalue weighted by Crippen LogP contribution is -2.48. The van der Waals surface area contributed by atoms with Gasteiger partial charge in [0, 0.05) is 63.6 Å². The van der Waals surface area contributed by atoms with Crippen LogP contribution >= 0.6 is 0 Å². The summed E-state index contributed by atoms with van der Waals surface area (Å²) in [4.78, 5) is 33.6. The summed E-state index contributed by atoms with van der Waals surface area (Å²) in [6.07, 6.45) is 4.38. The number of nitrogens with one attached hydrogen (secondary N) is 1. The molecule has 1 fully saturated rings. The first-order valence-corrected chi connectivity index (χ1v) is 10.4. The Morgan fingerprint density at radius 2 is 1.80 bits per heavy atom. The summed E-state index contributed by atoms with van der Waals surface area (Å²) < 4.78 is 2.03. The summed E-state index contributed by atoms with van der Waals surface area (Å²) in [5.41, 5.74) is 3.59. The molecular weight excluding hydrogens is 378 g/mol. The van der Waals surface area contributed by atoms with Crippen LogP contribution in [0.5, 0.6) is 0 Å². The third kappa shape index (κ3) is 4.68. The van der Waals surface area contributed by atoms with Gasteiger partial charge in [-0.2, -0.15) is 0 Å². The molecule has 1 saturated heterocycles. The Bertz CT molecular complexity index is 1000. The van der Waals surface area contributed by atoms with Gasteiger partial charge < -0.3 is 14.6 Å². The van der Waals surface area contributed by atoms with Crippen molar-refractivity contribution in [2.75, 3.05) is 32.7 Å². The molecule has 1 N–H and O–H groups in total. The average Bonchev–Trinajstić information content (AvgIpc) is 3.16. The van der Waals surface area contributed by atoms with Gasteiger partial charge in [0.25, 0.3) is 5.91 Å². The molecule has 1 aliphatic rings. The standard InChI is InChI=1S/C23H27N5O2/c1-18-6-2-3-7-20(18)23(30)24-10-9-22(29)27-14-12-26(13-15-27)16-19-17-28-11-5-4-8-21(28)25-19/h2-8,11,17H,9-10,12-16H2,1H3,(H,24,30). The highest BCUT2D eigenvalue weighted by Gasteiger charge is 2.21. The van der Waals surface area contributed by atoms with Gasteiger partial charge in [-0.15, -0.1) is 0 Å². The zero-order valence-electron chi connectivity index (χ0n) is 17.3. The number of fused-ring (bicyclic) bond motifs is 1. The molecule has 0 saturated carbocycles. The maximum absolute atomic E-state index is 12.5. The smallest absolute Gasteiger partial charge is 0.251 e. The Balaban J connectivity index is 1.20. The normalized spacial score (nSPS) is 14.8. The molecule has 1 aliphatic heterocycles. The number of benzene rings is 1. The van der Waals surface area contributed by atoms with E-state index in [9.17, 15) is 9.59 Å². The van der Waals surface area contributed by atoms with Crippen molar-refractivity contribution in [3.05, 3.63) is 71.7 Å². The summed E-state index contributed by atoms with van der Waals surface area (Å²) in [5.74, 6) is -0.0364. The number of hydrogen-bond donors (Lipinski definition) is 1. The second-order valence-corrected chi connectivity index (χ2v) is 7.68. The van der Waals surface area contributed by atoms with Crippen molar-refractivity contribution in [2.24, 2.45) is 0 Å². The third-order valence-corrected chi connectivity index (χ3v) is 5.54. The van der Waals surface area contributed by atoms with E-state index < -0.39 is 0 Å². The van der Waals surface area contributed by atoms with Crippen LogP contribution in [0.1, 0.15) is 28.0 Å². The van der Waals surface area contributed by atoms with Gasteiger partial charge in [0.1, 0.15) is 5.65 Å². The van der Waals surface area contributed by atoms with Gasteiger partial charge >= 0.3 is 0 Å². The zero-order chi connectivity index (χ0) is 20.9. The molecule has 30 heavy (non-hydrogen) atoms. The molecule has 7 nitrogen and oxygen atoms in total. The van der Waals surface area contributed by atoms with Gasteiger partial charge in [-0.25, -0.2) is 4.98 Å². The maximum atomic E-state index is 12.5. The topological polar surface area (TPSA) is 70.0 Å². The predicted octanol–water partition coefficient (Wildman–Crippen LogP) is 2.11. The Morgan fingerprint density at radius 3 is 2.57 bits per heavy atom. The van der Waals surface area contributed by atoms with Crippen molar-refractivity contribution in [2.45, 2.75) is 19.9 Å². The van der Waals surface area contributed by atoms with E-state index in [0.29, 0.717) is 31.6 Å². The molecule has 2 aromatic heterocycles. The molecular formula is C23H27N5O2. The van der Waals surface area contributed by atoms with Crippen molar-refractivity contribution in [1.29, 1.82) is 0 Å². The second kappa shape index (κ2) is 9.09. The summed E-state index contributed by atoms with van der Waals surface area (Å²) in [6.45, 7) is 6.12. The van der Waals surface area contributed by atoms with E-state index in [2.05, 4.69) is 21.4 Å². The van der Waals surface area contributed by atoms with Crippen molar-refractivity contribution in [3.63, 3.8) is 0 Å². The lowest BCUT2D eigenvalue weighted by molar-refractivity contribution is -0.132. The minimum Gasteiger partial charge on any atom is -0.352 e. The quantitative estimate of drug-likeness (QED) is 0.682. The first kappa shape index (κ1) is 20.1. The van der Waals surface area contributed by atoms with Crippen LogP contribution < -0.4 is 5.32 Å². The monoisotopic (exact) mass is 405 g/mol. The van der Waals surface area contributed by atoms with E-state index in [4.69, 9.17) is 0 Å². The SMILES string of the molecule is Cc1ccccc1C(=O)NCCC(=O)N1CCN(Cc2cn3ccccc3n2)CC1. The minimum atomic E-state index is -0.127. The molecule has 0 bridgehead atoms. The molecule has 2 amide bonds. The molecule has 0 aliphatic carbocycles. The summed E-state index contributed by atoms with van der Waals surface area (Å²) in [7, 11) is 0. The van der Waals surface area contributed by atoms with Crippen LogP contribution in [-0.4, -0.2) is 63.7 Å². The number of piperazine rings is 1. The molecule has 0 atom stereocenters. The molecule has 0 radical (unpaired) electrons. The third-order valence-electron chi connectivity index (χ3n) is 5.54. The number of aromatic nitrogens is 2. The molecule has 4 rings (SSSR count). The van der Waals surface area contributed by atoms with Gasteiger partial charge in [-0.05, 0) is 30.7 Å². The number of hydrogen-bond acceptors (Lipinski definition) is 4. The maximum Gasteiger partial charge on any atom is 0.251 e. The van der Waals surface area contributed by atoms with E-state index >= 15 is 0 Å². The van der Waals surface area contributed by atoms with Gasteiger partial charge in [-0.3, -0.25) is 14.5 Å². The second-order valence-electron chi connectivity index (χ2n) is 7.68. The van der Waals surface area contributed by atoms with Crippen LogP contribution in [-0.2, 0) is 11.3 Å². The van der Waals surface area contributed by atoms with Crippen LogP contribution in [0.2, 0.25) is 0 Å². The molecule has 3 aromatic rings. The number of imidazole rings is 1. The van der Waals surface area contributed by atoms with E-state index in [1.54, 1.807) is 6.07 Å². The van der Waals surface area contributed by atoms with Gasteiger partial charge in [0.05, 0.1) is 5.69 Å². The van der Waals surface area contributed by atoms with E-state index in [1.807, 2.05) is 58.8 Å². The molecule has 1 aromatic carbocycles. The Kier molecular flexibility index (Phi) is 6.09. The van der Waals surface area contributed by atoms with Crippen LogP contribution in [0, 0.1) is 6.92 Å². The van der Waals surface area contributed by atoms with Crippen molar-refractivity contribution < 1.29 is 9.59 Å². The molecule has 3 heterocycles. The average molecular weight is 406 g/mol. The molecule has 156 valence electrons. The van der Waals surface area contributed by atoms with Crippen LogP contribution in [0.15, 0.2) is 54.9 Å². The van der Waals surface area contributed by atoms with Crippen molar-refractivity contribution in [3.8, 4) is 0 Å². The number of aryl methyl sites for hydroxylation is 1.